The number of fused-ring (bicyclic) bond motifs is 2. The van der Waals surface area contributed by atoms with Crippen LogP contribution in [0.5, 0.6) is 34.5 Å². The third-order valence-electron chi connectivity index (χ3n) is 8.52. The molecule has 0 fully saturated rings. The van der Waals surface area contributed by atoms with Gasteiger partial charge in [-0.05, 0) is 58.5 Å². The molecule has 0 saturated carbocycles. The van der Waals surface area contributed by atoms with Gasteiger partial charge < -0.3 is 19.0 Å². The fraction of sp³-hybridized carbons (Fsp3) is 0. The Hall–Kier alpha value is -4.84. The molecule has 5 nitrogen and oxygen atoms in total. The van der Waals surface area contributed by atoms with Crippen LogP contribution in [0, 0.1) is 0 Å². The minimum Gasteiger partial charge on any atom is -0.453 e. The van der Waals surface area contributed by atoms with E-state index >= 15 is 0 Å². The molecular formula is C30H13BN2O3. The predicted octanol–water partition coefficient (Wildman–Crippen LogP) is 6.69. The number of hydrogen-bond donors (Lipinski definition) is 0. The van der Waals surface area contributed by atoms with Crippen LogP contribution in [-0.2, 0) is 0 Å². The highest BCUT2D eigenvalue weighted by Crippen LogP contribution is 2.65. The quantitative estimate of drug-likeness (QED) is 0.236. The van der Waals surface area contributed by atoms with Crippen molar-refractivity contribution in [3.8, 4) is 56.8 Å². The molecule has 6 heterocycles. The lowest BCUT2D eigenvalue weighted by molar-refractivity contribution is 0.446. The Morgan fingerprint density at radius 2 is 0.861 bits per heavy atom. The van der Waals surface area contributed by atoms with Gasteiger partial charge >= 0.3 is 6.85 Å². The molecule has 0 atom stereocenters. The Bertz CT molecular complexity index is 1830. The first-order valence-corrected chi connectivity index (χ1v) is 12.2. The van der Waals surface area contributed by atoms with Gasteiger partial charge in [0.15, 0.2) is 34.5 Å². The number of hydrogen-bond acceptors (Lipinski definition) is 5. The molecule has 164 valence electrons. The van der Waals surface area contributed by atoms with Crippen molar-refractivity contribution in [3.05, 3.63) is 78.9 Å². The Morgan fingerprint density at radius 3 is 1.39 bits per heavy atom. The summed E-state index contributed by atoms with van der Waals surface area (Å²) in [5.74, 6) is 5.21. The molecule has 0 unspecified atom stereocenters. The van der Waals surface area contributed by atoms with Crippen LogP contribution < -0.4 is 34.8 Å². The summed E-state index contributed by atoms with van der Waals surface area (Å²) in [6, 6.07) is 27.5. The van der Waals surface area contributed by atoms with E-state index in [4.69, 9.17) is 14.2 Å². The molecule has 0 amide bonds. The molecule has 11 rings (SSSR count). The standard InChI is InChI=1S/C30H13BN2O3/c1-4-16-14-10-12-22-29-24(14)31-25-15(17-5-2-7-19-27(17)33(31)26(16)18(6-1)34-19)11-13-23-30(25)32(29)28-20(35-22)8-3-9-21(28)36-23/h1-13H. The van der Waals surface area contributed by atoms with Crippen molar-refractivity contribution in [2.24, 2.45) is 0 Å². The Morgan fingerprint density at radius 1 is 0.417 bits per heavy atom. The Labute approximate surface area is 205 Å². The summed E-state index contributed by atoms with van der Waals surface area (Å²) >= 11 is 0. The van der Waals surface area contributed by atoms with Crippen molar-refractivity contribution >= 4 is 46.2 Å². The van der Waals surface area contributed by atoms with Crippen LogP contribution >= 0.6 is 0 Å². The van der Waals surface area contributed by atoms with Crippen LogP contribution in [0.4, 0.5) is 28.4 Å². The van der Waals surface area contributed by atoms with Crippen molar-refractivity contribution in [3.63, 3.8) is 0 Å². The molecular weight excluding hydrogens is 447 g/mol. The van der Waals surface area contributed by atoms with Crippen molar-refractivity contribution < 1.29 is 14.2 Å². The number of nitrogens with zero attached hydrogens (tertiary/aromatic N) is 2. The number of benzene rings is 5. The highest BCUT2D eigenvalue weighted by atomic mass is 16.5. The van der Waals surface area contributed by atoms with Crippen molar-refractivity contribution in [1.29, 1.82) is 0 Å². The molecule has 5 aromatic carbocycles. The van der Waals surface area contributed by atoms with E-state index in [1.54, 1.807) is 0 Å². The van der Waals surface area contributed by atoms with E-state index in [0.717, 1.165) is 62.9 Å². The van der Waals surface area contributed by atoms with Gasteiger partial charge in [-0.1, -0.05) is 42.5 Å². The molecule has 0 saturated heterocycles. The number of anilines is 5. The van der Waals surface area contributed by atoms with Gasteiger partial charge in [-0.15, -0.1) is 0 Å². The minimum absolute atomic E-state index is 0.00126. The van der Waals surface area contributed by atoms with Crippen LogP contribution in [0.15, 0.2) is 78.9 Å². The summed E-state index contributed by atoms with van der Waals surface area (Å²) in [5.41, 5.74) is 12.9. The molecule has 0 aliphatic carbocycles. The third-order valence-corrected chi connectivity index (χ3v) is 8.52. The van der Waals surface area contributed by atoms with Gasteiger partial charge in [0.1, 0.15) is 5.69 Å². The maximum absolute atomic E-state index is 6.53. The summed E-state index contributed by atoms with van der Waals surface area (Å²) in [6.45, 7) is 0.00126. The summed E-state index contributed by atoms with van der Waals surface area (Å²) in [6.07, 6.45) is 0. The first-order chi connectivity index (χ1) is 17.9. The first-order valence-electron chi connectivity index (χ1n) is 12.2. The maximum Gasteiger partial charge on any atom is 0.334 e. The summed E-state index contributed by atoms with van der Waals surface area (Å²) in [7, 11) is 0. The minimum atomic E-state index is 0.00126. The number of ether oxygens (including phenoxy) is 3. The fourth-order valence-electron chi connectivity index (χ4n) is 7.32. The molecule has 36 heavy (non-hydrogen) atoms. The monoisotopic (exact) mass is 460 g/mol. The zero-order chi connectivity index (χ0) is 22.9. The topological polar surface area (TPSA) is 34.2 Å². The van der Waals surface area contributed by atoms with Gasteiger partial charge in [0.05, 0.1) is 22.7 Å². The first kappa shape index (κ1) is 16.7. The van der Waals surface area contributed by atoms with Crippen LogP contribution in [-0.4, -0.2) is 6.85 Å². The molecule has 0 radical (unpaired) electrons. The summed E-state index contributed by atoms with van der Waals surface area (Å²) in [4.78, 5) is 4.91. The van der Waals surface area contributed by atoms with Crippen molar-refractivity contribution in [2.45, 2.75) is 0 Å². The van der Waals surface area contributed by atoms with E-state index in [0.29, 0.717) is 0 Å². The predicted molar refractivity (Wildman–Crippen MR) is 139 cm³/mol. The van der Waals surface area contributed by atoms with Crippen LogP contribution in [0.2, 0.25) is 0 Å². The van der Waals surface area contributed by atoms with E-state index < -0.39 is 0 Å². The van der Waals surface area contributed by atoms with E-state index in [9.17, 15) is 0 Å². The maximum atomic E-state index is 6.53. The summed E-state index contributed by atoms with van der Waals surface area (Å²) in [5, 5.41) is 0. The molecule has 6 aliphatic heterocycles. The Kier molecular flexibility index (Phi) is 2.36. The number of para-hydroxylation sites is 3. The smallest absolute Gasteiger partial charge is 0.334 e. The van der Waals surface area contributed by atoms with Gasteiger partial charge in [0, 0.05) is 11.1 Å². The van der Waals surface area contributed by atoms with E-state index in [1.165, 1.54) is 33.2 Å². The van der Waals surface area contributed by atoms with Crippen LogP contribution in [0.25, 0.3) is 22.3 Å². The second kappa shape index (κ2) is 5.07. The largest absolute Gasteiger partial charge is 0.453 e. The molecule has 6 heteroatoms. The molecule has 0 aromatic heterocycles. The highest BCUT2D eigenvalue weighted by Gasteiger charge is 2.55. The Balaban J connectivity index is 1.41. The van der Waals surface area contributed by atoms with Gasteiger partial charge in [0.2, 0.25) is 0 Å². The van der Waals surface area contributed by atoms with E-state index in [2.05, 4.69) is 70.4 Å². The zero-order valence-corrected chi connectivity index (χ0v) is 18.7. The average Bonchev–Trinajstić information content (AvgIpc) is 2.92. The van der Waals surface area contributed by atoms with Gasteiger partial charge in [-0.25, -0.2) is 0 Å². The lowest BCUT2D eigenvalue weighted by Gasteiger charge is -2.52. The van der Waals surface area contributed by atoms with Crippen LogP contribution in [0.1, 0.15) is 0 Å². The fourth-order valence-corrected chi connectivity index (χ4v) is 7.32. The van der Waals surface area contributed by atoms with Gasteiger partial charge in [0.25, 0.3) is 0 Å². The number of rotatable bonds is 0. The normalized spacial score (nSPS) is 15.7. The molecule has 5 aromatic rings. The van der Waals surface area contributed by atoms with E-state index in [-0.39, 0.29) is 6.85 Å². The molecule has 0 spiro atoms. The average molecular weight is 460 g/mol. The summed E-state index contributed by atoms with van der Waals surface area (Å²) < 4.78 is 19.6. The third kappa shape index (κ3) is 1.53. The SMILES string of the molecule is c1cc2c3c(c1)Oc1ccc4c5c1N3c1c(ccc3c1B5N1c5c(cccc5-3)Oc3cccc-4c31)O2. The van der Waals surface area contributed by atoms with Gasteiger partial charge in [-0.2, -0.15) is 0 Å². The molecule has 0 N–H and O–H groups in total. The van der Waals surface area contributed by atoms with Gasteiger partial charge in [-0.3, -0.25) is 4.90 Å². The lowest BCUT2D eigenvalue weighted by atomic mass is 9.40. The highest BCUT2D eigenvalue weighted by molar-refractivity contribution is 6.95. The molecule has 0 bridgehead atoms. The van der Waals surface area contributed by atoms with Crippen molar-refractivity contribution in [1.82, 2.24) is 0 Å². The van der Waals surface area contributed by atoms with Crippen molar-refractivity contribution in [2.75, 3.05) is 9.71 Å². The molecule has 6 aliphatic rings. The lowest BCUT2D eigenvalue weighted by Crippen LogP contribution is -2.64. The zero-order valence-electron chi connectivity index (χ0n) is 18.7. The second-order valence-corrected chi connectivity index (χ2v) is 10.1. The van der Waals surface area contributed by atoms with E-state index in [1.807, 2.05) is 18.2 Å². The second-order valence-electron chi connectivity index (χ2n) is 10.1. The van der Waals surface area contributed by atoms with Crippen LogP contribution in [0.3, 0.4) is 0 Å².